The minimum Gasteiger partial charge on any atom is -0.453 e. The Kier molecular flexibility index (Phi) is 6.27. The molecule has 0 unspecified atom stereocenters. The van der Waals surface area contributed by atoms with Crippen molar-refractivity contribution in [2.45, 2.75) is 13.8 Å². The van der Waals surface area contributed by atoms with Crippen molar-refractivity contribution in [1.82, 2.24) is 9.13 Å². The smallest absolute Gasteiger partial charge is 0.151 e. The van der Waals surface area contributed by atoms with Gasteiger partial charge in [0.2, 0.25) is 0 Å². The van der Waals surface area contributed by atoms with Crippen LogP contribution in [0.25, 0.3) is 55.2 Å². The molecule has 10 rings (SSSR count). The zero-order chi connectivity index (χ0) is 33.3. The minimum absolute atomic E-state index is 0.868. The van der Waals surface area contributed by atoms with Gasteiger partial charge in [0.25, 0.3) is 0 Å². The van der Waals surface area contributed by atoms with E-state index in [1.165, 1.54) is 55.0 Å². The van der Waals surface area contributed by atoms with Gasteiger partial charge in [-0.1, -0.05) is 91.0 Å². The zero-order valence-electron chi connectivity index (χ0n) is 27.8. The number of benzene rings is 7. The summed E-state index contributed by atoms with van der Waals surface area (Å²) < 4.78 is 11.3. The average Bonchev–Trinajstić information content (AvgIpc) is 3.71. The van der Waals surface area contributed by atoms with E-state index in [4.69, 9.17) is 4.74 Å². The maximum atomic E-state index is 6.44. The molecule has 9 aromatic rings. The van der Waals surface area contributed by atoms with E-state index in [1.54, 1.807) is 0 Å². The molecule has 0 spiro atoms. The van der Waals surface area contributed by atoms with Crippen LogP contribution in [0.1, 0.15) is 11.1 Å². The Morgan fingerprint density at radius 3 is 1.76 bits per heavy atom. The van der Waals surface area contributed by atoms with Crippen LogP contribution in [0.5, 0.6) is 11.5 Å². The summed E-state index contributed by atoms with van der Waals surface area (Å²) in [6.45, 7) is 4.21. The first-order valence-electron chi connectivity index (χ1n) is 17.1. The average molecular weight is 644 g/mol. The second-order valence-electron chi connectivity index (χ2n) is 13.2. The van der Waals surface area contributed by atoms with Gasteiger partial charge in [-0.05, 0) is 97.3 Å². The van der Waals surface area contributed by atoms with Crippen molar-refractivity contribution in [2.75, 3.05) is 4.90 Å². The first-order chi connectivity index (χ1) is 24.6. The van der Waals surface area contributed by atoms with Crippen LogP contribution in [0.2, 0.25) is 0 Å². The summed E-state index contributed by atoms with van der Waals surface area (Å²) >= 11 is 0. The Labute approximate surface area is 290 Å². The van der Waals surface area contributed by atoms with Crippen molar-refractivity contribution in [3.05, 3.63) is 175 Å². The number of aryl methyl sites for hydroxylation is 2. The van der Waals surface area contributed by atoms with Gasteiger partial charge in [0, 0.05) is 45.0 Å². The van der Waals surface area contributed by atoms with Crippen LogP contribution in [0, 0.1) is 13.8 Å². The van der Waals surface area contributed by atoms with Crippen molar-refractivity contribution < 1.29 is 4.74 Å². The number of anilines is 3. The highest BCUT2D eigenvalue weighted by molar-refractivity contribution is 6.20. The van der Waals surface area contributed by atoms with Crippen LogP contribution in [-0.2, 0) is 0 Å². The van der Waals surface area contributed by atoms with Gasteiger partial charge in [0.05, 0.1) is 27.9 Å². The monoisotopic (exact) mass is 643 g/mol. The molecule has 0 fully saturated rings. The molecule has 0 N–H and O–H groups in total. The van der Waals surface area contributed by atoms with Gasteiger partial charge in [-0.2, -0.15) is 0 Å². The molecule has 0 bridgehead atoms. The zero-order valence-corrected chi connectivity index (χ0v) is 27.8. The fourth-order valence-electron chi connectivity index (χ4n) is 7.73. The first kappa shape index (κ1) is 28.5. The Morgan fingerprint density at radius 2 is 1.06 bits per heavy atom. The predicted molar refractivity (Wildman–Crippen MR) is 207 cm³/mol. The number of para-hydroxylation sites is 2. The van der Waals surface area contributed by atoms with Crippen LogP contribution in [0.4, 0.5) is 17.1 Å². The highest BCUT2D eigenvalue weighted by Crippen LogP contribution is 2.51. The van der Waals surface area contributed by atoms with E-state index >= 15 is 0 Å². The number of rotatable bonds is 4. The van der Waals surface area contributed by atoms with E-state index in [-0.39, 0.29) is 0 Å². The fourth-order valence-corrected chi connectivity index (χ4v) is 7.73. The SMILES string of the molecule is Cc1ccc2c(c1)Oc1cc(C)ccc1N2c1ccc(-n2c3ccccc3c3ccc4c(-c5ccccc5)cn(-c5ccccc5)c4c32)cc1. The lowest BCUT2D eigenvalue weighted by Crippen LogP contribution is -2.16. The molecule has 4 nitrogen and oxygen atoms in total. The van der Waals surface area contributed by atoms with E-state index in [9.17, 15) is 0 Å². The molecule has 4 heteroatoms. The fraction of sp³-hybridized carbons (Fsp3) is 0.0435. The summed E-state index contributed by atoms with van der Waals surface area (Å²) in [4.78, 5) is 2.31. The molecule has 238 valence electrons. The Bertz CT molecular complexity index is 2690. The molecule has 0 saturated carbocycles. The third-order valence-corrected chi connectivity index (χ3v) is 10.0. The van der Waals surface area contributed by atoms with Crippen molar-refractivity contribution >= 4 is 49.8 Å². The van der Waals surface area contributed by atoms with E-state index in [1.807, 2.05) is 0 Å². The largest absolute Gasteiger partial charge is 0.453 e. The lowest BCUT2D eigenvalue weighted by atomic mass is 10.0. The van der Waals surface area contributed by atoms with Gasteiger partial charge < -0.3 is 18.8 Å². The molecule has 0 saturated heterocycles. The van der Waals surface area contributed by atoms with Crippen LogP contribution >= 0.6 is 0 Å². The molecular formula is C46H33N3O. The van der Waals surface area contributed by atoms with E-state index in [2.05, 4.69) is 192 Å². The summed E-state index contributed by atoms with van der Waals surface area (Å²) in [6, 6.07) is 56.6. The molecule has 2 aromatic heterocycles. The van der Waals surface area contributed by atoms with Gasteiger partial charge in [-0.25, -0.2) is 0 Å². The van der Waals surface area contributed by atoms with Crippen LogP contribution < -0.4 is 9.64 Å². The number of aromatic nitrogens is 2. The minimum atomic E-state index is 0.868. The van der Waals surface area contributed by atoms with Gasteiger partial charge >= 0.3 is 0 Å². The van der Waals surface area contributed by atoms with Gasteiger partial charge in [-0.3, -0.25) is 0 Å². The number of nitrogens with zero attached hydrogens (tertiary/aromatic N) is 3. The molecule has 0 amide bonds. The topological polar surface area (TPSA) is 22.3 Å². The molecular weight excluding hydrogens is 611 g/mol. The van der Waals surface area contributed by atoms with Crippen LogP contribution in [0.3, 0.4) is 0 Å². The molecule has 7 aromatic carbocycles. The molecule has 0 atom stereocenters. The summed E-state index contributed by atoms with van der Waals surface area (Å²) in [6.07, 6.45) is 2.30. The number of hydrogen-bond acceptors (Lipinski definition) is 2. The highest BCUT2D eigenvalue weighted by atomic mass is 16.5. The molecule has 1 aliphatic rings. The summed E-state index contributed by atoms with van der Waals surface area (Å²) in [5, 5.41) is 3.69. The van der Waals surface area contributed by atoms with Crippen molar-refractivity contribution in [3.8, 4) is 34.0 Å². The lowest BCUT2D eigenvalue weighted by Gasteiger charge is -2.33. The predicted octanol–water partition coefficient (Wildman–Crippen LogP) is 12.6. The van der Waals surface area contributed by atoms with E-state index in [0.29, 0.717) is 0 Å². The standard InChI is InChI=1S/C46H33N3O/c1-30-17-25-41-43(27-30)50-44-28-31(2)18-26-42(44)48(41)34-19-21-35(22-20-34)49-40-16-10-9-15-36(40)37-23-24-38-39(32-11-5-3-6-12-32)29-47(45(38)46(37)49)33-13-7-4-8-14-33/h3-29H,1-2H3. The summed E-state index contributed by atoms with van der Waals surface area (Å²) in [5.41, 5.74) is 13.7. The highest BCUT2D eigenvalue weighted by Gasteiger charge is 2.27. The van der Waals surface area contributed by atoms with Crippen LogP contribution in [-0.4, -0.2) is 9.13 Å². The number of hydrogen-bond donors (Lipinski definition) is 0. The van der Waals surface area contributed by atoms with Crippen molar-refractivity contribution in [2.24, 2.45) is 0 Å². The number of ether oxygens (including phenoxy) is 1. The van der Waals surface area contributed by atoms with E-state index < -0.39 is 0 Å². The van der Waals surface area contributed by atoms with Crippen molar-refractivity contribution in [3.63, 3.8) is 0 Å². The quantitative estimate of drug-likeness (QED) is 0.190. The first-order valence-corrected chi connectivity index (χ1v) is 17.1. The molecule has 3 heterocycles. The third-order valence-electron chi connectivity index (χ3n) is 10.0. The number of fused-ring (bicyclic) bond motifs is 7. The molecule has 0 radical (unpaired) electrons. The second-order valence-corrected chi connectivity index (χ2v) is 13.2. The Morgan fingerprint density at radius 1 is 0.460 bits per heavy atom. The third kappa shape index (κ3) is 4.32. The Hall–Kier alpha value is -6.52. The molecule has 50 heavy (non-hydrogen) atoms. The van der Waals surface area contributed by atoms with Crippen molar-refractivity contribution in [1.29, 1.82) is 0 Å². The lowest BCUT2D eigenvalue weighted by molar-refractivity contribution is 0.476. The van der Waals surface area contributed by atoms with Gasteiger partial charge in [0.1, 0.15) is 0 Å². The summed E-state index contributed by atoms with van der Waals surface area (Å²) in [5.74, 6) is 1.74. The van der Waals surface area contributed by atoms with E-state index in [0.717, 1.165) is 39.9 Å². The molecule has 0 aliphatic carbocycles. The summed E-state index contributed by atoms with van der Waals surface area (Å²) in [7, 11) is 0. The Balaban J connectivity index is 1.22. The second kappa shape index (κ2) is 11.0. The normalized spacial score (nSPS) is 12.3. The van der Waals surface area contributed by atoms with Gasteiger partial charge in [0.15, 0.2) is 11.5 Å². The molecule has 1 aliphatic heterocycles. The maximum absolute atomic E-state index is 6.44. The van der Waals surface area contributed by atoms with Crippen LogP contribution in [0.15, 0.2) is 164 Å². The maximum Gasteiger partial charge on any atom is 0.151 e. The van der Waals surface area contributed by atoms with Gasteiger partial charge in [-0.15, -0.1) is 0 Å².